The predicted octanol–water partition coefficient (Wildman–Crippen LogP) is 15.9. The van der Waals surface area contributed by atoms with E-state index in [9.17, 15) is 0 Å². The minimum atomic E-state index is 0.393. The fourth-order valence-corrected chi connectivity index (χ4v) is 9.80. The van der Waals surface area contributed by atoms with Crippen molar-refractivity contribution in [3.8, 4) is 33.4 Å². The molecule has 0 saturated heterocycles. The van der Waals surface area contributed by atoms with E-state index in [0.717, 1.165) is 46.0 Å². The van der Waals surface area contributed by atoms with Gasteiger partial charge in [-0.25, -0.2) is 0 Å². The quantitative estimate of drug-likeness (QED) is 0.169. The molecule has 56 heavy (non-hydrogen) atoms. The zero-order chi connectivity index (χ0) is 37.2. The third-order valence-electron chi connectivity index (χ3n) is 11.5. The molecule has 2 aromatic heterocycles. The van der Waals surface area contributed by atoms with E-state index in [1.165, 1.54) is 64.1 Å². The summed E-state index contributed by atoms with van der Waals surface area (Å²) in [5.41, 5.74) is 12.6. The number of nitrogens with zero attached hydrogens (tertiary/aromatic N) is 1. The lowest BCUT2D eigenvalue weighted by Crippen LogP contribution is -2.11. The number of benzene rings is 8. The minimum absolute atomic E-state index is 0.393. The van der Waals surface area contributed by atoms with E-state index in [-0.39, 0.29) is 0 Å². The third kappa shape index (κ3) is 5.46. The van der Waals surface area contributed by atoms with Gasteiger partial charge in [0.1, 0.15) is 11.3 Å². The molecule has 2 heterocycles. The summed E-state index contributed by atoms with van der Waals surface area (Å²) in [6, 6.07) is 64.4. The molecule has 0 saturated carbocycles. The van der Waals surface area contributed by atoms with Gasteiger partial charge in [-0.05, 0) is 106 Å². The SMILES string of the molecule is CC1CC=Cc2c1oc1cc(-c3ccc(N(c4cccc(-c5ccc6ccccc6c5)c4)c4ccccc4-c4cccc5sc6ccccc6c45)cc3)ccc21. The molecule has 1 unspecified atom stereocenters. The largest absolute Gasteiger partial charge is 0.460 e. The van der Waals surface area contributed by atoms with Gasteiger partial charge in [0.15, 0.2) is 0 Å². The summed E-state index contributed by atoms with van der Waals surface area (Å²) in [7, 11) is 0. The highest BCUT2D eigenvalue weighted by Gasteiger charge is 2.22. The van der Waals surface area contributed by atoms with Gasteiger partial charge in [0, 0.05) is 54.0 Å². The van der Waals surface area contributed by atoms with Crippen molar-refractivity contribution < 1.29 is 4.42 Å². The predicted molar refractivity (Wildman–Crippen MR) is 240 cm³/mol. The van der Waals surface area contributed by atoms with Gasteiger partial charge in [-0.3, -0.25) is 0 Å². The molecule has 0 spiro atoms. The summed E-state index contributed by atoms with van der Waals surface area (Å²) in [4.78, 5) is 2.43. The number of hydrogen-bond donors (Lipinski definition) is 0. The maximum atomic E-state index is 6.46. The second-order valence-corrected chi connectivity index (χ2v) is 16.0. The smallest absolute Gasteiger partial charge is 0.135 e. The number of para-hydroxylation sites is 1. The third-order valence-corrected chi connectivity index (χ3v) is 12.6. The first-order chi connectivity index (χ1) is 27.7. The Morgan fingerprint density at radius 1 is 0.536 bits per heavy atom. The lowest BCUT2D eigenvalue weighted by Gasteiger charge is -2.28. The Morgan fingerprint density at radius 2 is 1.25 bits per heavy atom. The monoisotopic (exact) mass is 735 g/mol. The van der Waals surface area contributed by atoms with E-state index in [0.29, 0.717) is 5.92 Å². The van der Waals surface area contributed by atoms with Crippen LogP contribution in [-0.2, 0) is 0 Å². The van der Waals surface area contributed by atoms with E-state index < -0.39 is 0 Å². The van der Waals surface area contributed by atoms with Gasteiger partial charge in [-0.1, -0.05) is 134 Å². The molecule has 0 amide bonds. The molecule has 0 bridgehead atoms. The molecular formula is C53H37NOS. The summed E-state index contributed by atoms with van der Waals surface area (Å²) in [6.45, 7) is 2.24. The highest BCUT2D eigenvalue weighted by atomic mass is 32.1. The number of allylic oxidation sites excluding steroid dienone is 1. The molecule has 2 nitrogen and oxygen atoms in total. The Labute approximate surface area is 330 Å². The molecule has 3 heteroatoms. The molecule has 0 N–H and O–H groups in total. The highest BCUT2D eigenvalue weighted by molar-refractivity contribution is 7.25. The summed E-state index contributed by atoms with van der Waals surface area (Å²) < 4.78 is 9.07. The summed E-state index contributed by atoms with van der Waals surface area (Å²) in [5.74, 6) is 1.49. The molecule has 1 atom stereocenters. The molecule has 0 aliphatic heterocycles. The molecule has 0 fully saturated rings. The number of rotatable bonds is 6. The van der Waals surface area contributed by atoms with E-state index in [1.54, 1.807) is 0 Å². The molecule has 0 radical (unpaired) electrons. The zero-order valence-electron chi connectivity index (χ0n) is 30.9. The Kier molecular flexibility index (Phi) is 7.75. The average Bonchev–Trinajstić information content (AvgIpc) is 3.83. The van der Waals surface area contributed by atoms with Crippen LogP contribution in [0.25, 0.3) is 81.4 Å². The van der Waals surface area contributed by atoms with Crippen molar-refractivity contribution in [2.45, 2.75) is 19.3 Å². The van der Waals surface area contributed by atoms with Gasteiger partial charge >= 0.3 is 0 Å². The van der Waals surface area contributed by atoms with E-state index >= 15 is 0 Å². The van der Waals surface area contributed by atoms with Crippen LogP contribution in [0.2, 0.25) is 0 Å². The van der Waals surface area contributed by atoms with Crippen LogP contribution in [0.3, 0.4) is 0 Å². The minimum Gasteiger partial charge on any atom is -0.460 e. The van der Waals surface area contributed by atoms with Crippen LogP contribution in [0.15, 0.2) is 186 Å². The number of fused-ring (bicyclic) bond motifs is 7. The first-order valence-corrected chi connectivity index (χ1v) is 20.2. The standard InChI is InChI=1S/C53H37NOS/c1-34-11-8-19-46-44-30-27-40(33-49(44)55-53(34)46)36-25-28-41(29-26-36)54(42-15-9-14-38(32-42)39-24-23-35-12-2-3-13-37(35)31-39)48-20-6-4-16-43(48)45-18-10-22-51-52(45)47-17-5-7-21-50(47)56-51/h2-10,12-34H,11H2,1H3. The second-order valence-electron chi connectivity index (χ2n) is 14.9. The Morgan fingerprint density at radius 3 is 2.18 bits per heavy atom. The Hall–Kier alpha value is -6.68. The van der Waals surface area contributed by atoms with Crippen molar-refractivity contribution in [2.75, 3.05) is 4.90 Å². The van der Waals surface area contributed by atoms with E-state index in [2.05, 4.69) is 200 Å². The Balaban J connectivity index is 1.07. The normalized spacial score (nSPS) is 13.8. The molecular weight excluding hydrogens is 699 g/mol. The lowest BCUT2D eigenvalue weighted by atomic mass is 9.93. The second kappa shape index (κ2) is 13.3. The van der Waals surface area contributed by atoms with Crippen molar-refractivity contribution in [3.05, 3.63) is 193 Å². The van der Waals surface area contributed by atoms with Crippen LogP contribution in [-0.4, -0.2) is 0 Å². The maximum absolute atomic E-state index is 6.46. The molecule has 1 aliphatic carbocycles. The van der Waals surface area contributed by atoms with Crippen LogP contribution in [0.5, 0.6) is 0 Å². The first kappa shape index (κ1) is 32.7. The fraction of sp³-hybridized carbons (Fsp3) is 0.0566. The Bertz CT molecular complexity index is 3140. The molecule has 11 rings (SSSR count). The number of furan rings is 1. The van der Waals surface area contributed by atoms with Crippen LogP contribution in [0.1, 0.15) is 30.6 Å². The molecule has 266 valence electrons. The van der Waals surface area contributed by atoms with E-state index in [4.69, 9.17) is 4.42 Å². The zero-order valence-corrected chi connectivity index (χ0v) is 31.8. The topological polar surface area (TPSA) is 16.4 Å². The lowest BCUT2D eigenvalue weighted by molar-refractivity contribution is 0.504. The highest BCUT2D eigenvalue weighted by Crippen LogP contribution is 2.47. The maximum Gasteiger partial charge on any atom is 0.135 e. The first-order valence-electron chi connectivity index (χ1n) is 19.4. The average molecular weight is 736 g/mol. The van der Waals surface area contributed by atoms with Crippen molar-refractivity contribution in [2.24, 2.45) is 0 Å². The van der Waals surface area contributed by atoms with Gasteiger partial charge in [0.25, 0.3) is 0 Å². The molecule has 1 aliphatic rings. The summed E-state index contributed by atoms with van der Waals surface area (Å²) in [6.07, 6.45) is 5.50. The van der Waals surface area contributed by atoms with Crippen molar-refractivity contribution >= 4 is 76.4 Å². The number of anilines is 3. The summed E-state index contributed by atoms with van der Waals surface area (Å²) in [5, 5.41) is 6.27. The molecule has 10 aromatic rings. The van der Waals surface area contributed by atoms with Gasteiger partial charge in [0.05, 0.1) is 5.69 Å². The number of hydrogen-bond acceptors (Lipinski definition) is 3. The van der Waals surface area contributed by atoms with E-state index in [1.807, 2.05) is 11.3 Å². The van der Waals surface area contributed by atoms with Gasteiger partial charge in [-0.15, -0.1) is 11.3 Å². The molecule has 8 aromatic carbocycles. The van der Waals surface area contributed by atoms with Crippen molar-refractivity contribution in [3.63, 3.8) is 0 Å². The van der Waals surface area contributed by atoms with Crippen molar-refractivity contribution in [1.29, 1.82) is 0 Å². The summed E-state index contributed by atoms with van der Waals surface area (Å²) >= 11 is 1.86. The van der Waals surface area contributed by atoms with Crippen LogP contribution < -0.4 is 4.90 Å². The fourth-order valence-electron chi connectivity index (χ4n) is 8.67. The van der Waals surface area contributed by atoms with Crippen LogP contribution in [0, 0.1) is 0 Å². The van der Waals surface area contributed by atoms with Crippen molar-refractivity contribution in [1.82, 2.24) is 0 Å². The number of thiophene rings is 1. The van der Waals surface area contributed by atoms with Gasteiger partial charge in [0.2, 0.25) is 0 Å². The van der Waals surface area contributed by atoms with Gasteiger partial charge < -0.3 is 9.32 Å². The van der Waals surface area contributed by atoms with Crippen LogP contribution in [0.4, 0.5) is 17.1 Å². The van der Waals surface area contributed by atoms with Gasteiger partial charge in [-0.2, -0.15) is 0 Å². The van der Waals surface area contributed by atoms with Crippen LogP contribution >= 0.6 is 11.3 Å².